The molecule has 0 atom stereocenters. The van der Waals surface area contributed by atoms with E-state index in [4.69, 9.17) is 5.73 Å². The summed E-state index contributed by atoms with van der Waals surface area (Å²) in [6.45, 7) is 0. The molecule has 0 saturated heterocycles. The van der Waals surface area contributed by atoms with Crippen molar-refractivity contribution < 1.29 is 0 Å². The van der Waals surface area contributed by atoms with E-state index in [0.717, 1.165) is 16.7 Å². The van der Waals surface area contributed by atoms with Crippen LogP contribution in [0.15, 0.2) is 164 Å². The summed E-state index contributed by atoms with van der Waals surface area (Å²) in [5, 5.41) is 0. The molecule has 0 aliphatic carbocycles. The van der Waals surface area contributed by atoms with Gasteiger partial charge in [0.1, 0.15) is 0 Å². The van der Waals surface area contributed by atoms with Crippen LogP contribution in [-0.4, -0.2) is 0 Å². The van der Waals surface area contributed by atoms with Gasteiger partial charge in [0.25, 0.3) is 0 Å². The third-order valence-corrected chi connectivity index (χ3v) is 7.34. The molecule has 0 saturated carbocycles. The maximum atomic E-state index is 7.43. The van der Waals surface area contributed by atoms with Gasteiger partial charge in [0, 0.05) is 0 Å². The molecule has 6 rings (SSSR count). The summed E-state index contributed by atoms with van der Waals surface area (Å²) >= 11 is 0. The lowest BCUT2D eigenvalue weighted by Crippen LogP contribution is -2.39. The molecule has 182 valence electrons. The molecule has 0 amide bonds. The number of hydrogen-bond donors (Lipinski definition) is 1. The molecule has 6 aromatic rings. The van der Waals surface area contributed by atoms with Crippen LogP contribution in [0.25, 0.3) is 33.4 Å². The molecular formula is C37H29N. The molecule has 0 bridgehead atoms. The van der Waals surface area contributed by atoms with Crippen molar-refractivity contribution in [1.82, 2.24) is 0 Å². The zero-order valence-electron chi connectivity index (χ0n) is 21.2. The fraction of sp³-hybridized carbons (Fsp3) is 0.0270. The third-order valence-electron chi connectivity index (χ3n) is 7.34. The van der Waals surface area contributed by atoms with Crippen LogP contribution in [0.5, 0.6) is 0 Å². The summed E-state index contributed by atoms with van der Waals surface area (Å²) in [7, 11) is 0. The van der Waals surface area contributed by atoms with Gasteiger partial charge in [-0.25, -0.2) is 0 Å². The van der Waals surface area contributed by atoms with E-state index in [9.17, 15) is 0 Å². The summed E-state index contributed by atoms with van der Waals surface area (Å²) < 4.78 is 0. The normalized spacial score (nSPS) is 11.3. The molecule has 0 aromatic heterocycles. The Kier molecular flexibility index (Phi) is 6.44. The van der Waals surface area contributed by atoms with E-state index >= 15 is 0 Å². The summed E-state index contributed by atoms with van der Waals surface area (Å²) in [6, 6.07) is 57.4. The first-order valence-corrected chi connectivity index (χ1v) is 13.0. The molecule has 1 heteroatoms. The highest BCUT2D eigenvalue weighted by molar-refractivity contribution is 5.68. The number of rotatable bonds is 6. The van der Waals surface area contributed by atoms with Crippen LogP contribution in [0.2, 0.25) is 0 Å². The first kappa shape index (κ1) is 23.7. The lowest BCUT2D eigenvalue weighted by Gasteiger charge is -2.32. The Labute approximate surface area is 224 Å². The van der Waals surface area contributed by atoms with Crippen molar-refractivity contribution in [2.45, 2.75) is 5.54 Å². The Bertz CT molecular complexity index is 1400. The second-order valence-electron chi connectivity index (χ2n) is 9.64. The molecular weight excluding hydrogens is 458 g/mol. The van der Waals surface area contributed by atoms with Gasteiger partial charge in [0.2, 0.25) is 0 Å². The van der Waals surface area contributed by atoms with E-state index in [0.29, 0.717) is 0 Å². The average Bonchev–Trinajstić information content (AvgIpc) is 3.02. The van der Waals surface area contributed by atoms with Crippen molar-refractivity contribution in [3.63, 3.8) is 0 Å². The van der Waals surface area contributed by atoms with E-state index in [2.05, 4.69) is 146 Å². The molecule has 0 heterocycles. The van der Waals surface area contributed by atoms with Crippen LogP contribution in [0, 0.1) is 0 Å². The lowest BCUT2D eigenvalue weighted by atomic mass is 9.77. The zero-order chi connectivity index (χ0) is 25.8. The van der Waals surface area contributed by atoms with Crippen LogP contribution < -0.4 is 5.73 Å². The molecule has 6 aromatic carbocycles. The monoisotopic (exact) mass is 487 g/mol. The smallest absolute Gasteiger partial charge is 0.0922 e. The van der Waals surface area contributed by atoms with Crippen molar-refractivity contribution >= 4 is 0 Å². The van der Waals surface area contributed by atoms with Gasteiger partial charge in [-0.3, -0.25) is 0 Å². The maximum Gasteiger partial charge on any atom is 0.0922 e. The number of nitrogens with two attached hydrogens (primary N) is 1. The highest BCUT2D eigenvalue weighted by atomic mass is 14.7. The second-order valence-corrected chi connectivity index (χ2v) is 9.64. The summed E-state index contributed by atoms with van der Waals surface area (Å²) in [5.41, 5.74) is 16.9. The first-order valence-electron chi connectivity index (χ1n) is 13.0. The minimum atomic E-state index is -0.806. The van der Waals surface area contributed by atoms with E-state index in [1.807, 2.05) is 18.2 Å². The van der Waals surface area contributed by atoms with Crippen LogP contribution >= 0.6 is 0 Å². The first-order chi connectivity index (χ1) is 18.7. The van der Waals surface area contributed by atoms with Gasteiger partial charge in [-0.05, 0) is 50.1 Å². The summed E-state index contributed by atoms with van der Waals surface area (Å²) in [4.78, 5) is 0. The van der Waals surface area contributed by atoms with Crippen molar-refractivity contribution in [3.05, 3.63) is 180 Å². The van der Waals surface area contributed by atoms with Gasteiger partial charge < -0.3 is 5.73 Å². The van der Waals surface area contributed by atoms with Crippen LogP contribution in [0.3, 0.4) is 0 Å². The molecule has 2 N–H and O–H groups in total. The molecule has 0 aliphatic heterocycles. The van der Waals surface area contributed by atoms with E-state index in [-0.39, 0.29) is 0 Å². The number of benzene rings is 6. The highest BCUT2D eigenvalue weighted by Crippen LogP contribution is 2.37. The van der Waals surface area contributed by atoms with Gasteiger partial charge in [-0.2, -0.15) is 0 Å². The Hall–Kier alpha value is -4.72. The average molecular weight is 488 g/mol. The maximum absolute atomic E-state index is 7.43. The quantitative estimate of drug-likeness (QED) is 0.233. The molecule has 1 nitrogen and oxygen atoms in total. The summed E-state index contributed by atoms with van der Waals surface area (Å²) in [5.74, 6) is 0. The van der Waals surface area contributed by atoms with Crippen LogP contribution in [0.1, 0.15) is 16.7 Å². The minimum Gasteiger partial charge on any atom is -0.314 e. The molecule has 0 unspecified atom stereocenters. The fourth-order valence-electron chi connectivity index (χ4n) is 5.17. The van der Waals surface area contributed by atoms with E-state index < -0.39 is 5.54 Å². The molecule has 0 spiro atoms. The fourth-order valence-corrected chi connectivity index (χ4v) is 5.17. The highest BCUT2D eigenvalue weighted by Gasteiger charge is 2.32. The van der Waals surface area contributed by atoms with Gasteiger partial charge in [-0.1, -0.05) is 164 Å². The van der Waals surface area contributed by atoms with Crippen LogP contribution in [-0.2, 0) is 5.54 Å². The van der Waals surface area contributed by atoms with Crippen LogP contribution in [0.4, 0.5) is 0 Å². The molecule has 38 heavy (non-hydrogen) atoms. The van der Waals surface area contributed by atoms with Gasteiger partial charge >= 0.3 is 0 Å². The Morgan fingerprint density at radius 2 is 0.474 bits per heavy atom. The predicted octanol–water partition coefficient (Wildman–Crippen LogP) is 8.94. The number of hydrogen-bond acceptors (Lipinski definition) is 1. The van der Waals surface area contributed by atoms with Crippen molar-refractivity contribution in [2.75, 3.05) is 0 Å². The minimum absolute atomic E-state index is 0.806. The van der Waals surface area contributed by atoms with Crippen molar-refractivity contribution in [3.8, 4) is 33.4 Å². The van der Waals surface area contributed by atoms with E-state index in [1.165, 1.54) is 33.4 Å². The lowest BCUT2D eigenvalue weighted by molar-refractivity contribution is 0.653. The zero-order valence-corrected chi connectivity index (χ0v) is 21.2. The van der Waals surface area contributed by atoms with Gasteiger partial charge in [-0.15, -0.1) is 0 Å². The summed E-state index contributed by atoms with van der Waals surface area (Å²) in [6.07, 6.45) is 0. The molecule has 0 radical (unpaired) electrons. The molecule has 0 aliphatic rings. The Morgan fingerprint density at radius 3 is 0.711 bits per heavy atom. The largest absolute Gasteiger partial charge is 0.314 e. The van der Waals surface area contributed by atoms with Gasteiger partial charge in [0.15, 0.2) is 0 Å². The second kappa shape index (κ2) is 10.3. The Morgan fingerprint density at radius 1 is 0.263 bits per heavy atom. The SMILES string of the molecule is NC(c1ccc(-c2ccccc2)cc1)(c1ccc(-c2ccccc2)cc1)c1ccc(-c2ccccc2)cc1. The topological polar surface area (TPSA) is 26.0 Å². The van der Waals surface area contributed by atoms with Crippen molar-refractivity contribution in [1.29, 1.82) is 0 Å². The standard InChI is InChI=1S/C37H29N/c38-37(34-22-16-31(17-23-34)28-10-4-1-5-11-28,35-24-18-32(19-25-35)29-12-6-2-7-13-29)36-26-20-33(21-27-36)30-14-8-3-9-15-30/h1-27H,38H2. The third kappa shape index (κ3) is 4.56. The Balaban J connectivity index is 1.43. The van der Waals surface area contributed by atoms with Gasteiger partial charge in [0.05, 0.1) is 5.54 Å². The van der Waals surface area contributed by atoms with E-state index in [1.54, 1.807) is 0 Å². The van der Waals surface area contributed by atoms with Crippen molar-refractivity contribution in [2.24, 2.45) is 5.73 Å². The predicted molar refractivity (Wildman–Crippen MR) is 160 cm³/mol. The molecule has 0 fully saturated rings.